The molecule has 0 aliphatic heterocycles. The predicted molar refractivity (Wildman–Crippen MR) is 74.5 cm³/mol. The van der Waals surface area contributed by atoms with Gasteiger partial charge in [0.15, 0.2) is 5.76 Å². The molecule has 1 amide bonds. The van der Waals surface area contributed by atoms with Crippen LogP contribution in [0.4, 0.5) is 0 Å². The van der Waals surface area contributed by atoms with Crippen molar-refractivity contribution < 1.29 is 22.4 Å². The number of unbranched alkanes of at least 4 members (excludes halogenated alkanes) is 1. The fourth-order valence-corrected chi connectivity index (χ4v) is 2.58. The third kappa shape index (κ3) is 5.15. The van der Waals surface area contributed by atoms with Gasteiger partial charge in [0.05, 0.1) is 6.61 Å². The van der Waals surface area contributed by atoms with Gasteiger partial charge in [-0.3, -0.25) is 4.79 Å². The highest BCUT2D eigenvalue weighted by atomic mass is 35.7. The lowest BCUT2D eigenvalue weighted by atomic mass is 10.4. The smallest absolute Gasteiger partial charge is 0.287 e. The molecule has 0 radical (unpaired) electrons. The fourth-order valence-electron chi connectivity index (χ4n) is 1.49. The number of aryl methyl sites for hydroxylation is 1. The largest absolute Gasteiger partial charge is 0.455 e. The van der Waals surface area contributed by atoms with Gasteiger partial charge in [-0.05, 0) is 13.3 Å². The summed E-state index contributed by atoms with van der Waals surface area (Å²) in [4.78, 5) is 11.5. The summed E-state index contributed by atoms with van der Waals surface area (Å²) in [6, 6.07) is 1.12. The van der Waals surface area contributed by atoms with E-state index < -0.39 is 15.0 Å². The van der Waals surface area contributed by atoms with E-state index >= 15 is 0 Å². The number of carbonyl (C=O) groups is 1. The van der Waals surface area contributed by atoms with E-state index in [0.717, 1.165) is 18.9 Å². The number of rotatable bonds is 8. The van der Waals surface area contributed by atoms with Gasteiger partial charge in [-0.2, -0.15) is 0 Å². The van der Waals surface area contributed by atoms with Gasteiger partial charge in [-0.1, -0.05) is 13.3 Å². The zero-order valence-corrected chi connectivity index (χ0v) is 13.0. The summed E-state index contributed by atoms with van der Waals surface area (Å²) in [6.07, 6.45) is 2.02. The average molecular weight is 324 g/mol. The lowest BCUT2D eigenvalue weighted by molar-refractivity contribution is 0.0885. The Kier molecular flexibility index (Phi) is 6.51. The van der Waals surface area contributed by atoms with Crippen LogP contribution in [-0.2, 0) is 13.8 Å². The molecule has 0 saturated carbocycles. The number of ether oxygens (including phenoxy) is 1. The van der Waals surface area contributed by atoms with Gasteiger partial charge in [0.1, 0.15) is 10.7 Å². The molecule has 1 N–H and O–H groups in total. The molecule has 1 aromatic heterocycles. The van der Waals surface area contributed by atoms with Gasteiger partial charge in [0, 0.05) is 29.9 Å². The summed E-state index contributed by atoms with van der Waals surface area (Å²) in [5.41, 5.74) is 0. The van der Waals surface area contributed by atoms with Crippen LogP contribution in [0.5, 0.6) is 0 Å². The second-order valence-corrected chi connectivity index (χ2v) is 6.73. The van der Waals surface area contributed by atoms with Crippen molar-refractivity contribution in [3.05, 3.63) is 17.6 Å². The van der Waals surface area contributed by atoms with Crippen LogP contribution in [0.25, 0.3) is 0 Å². The Hall–Kier alpha value is -1.05. The van der Waals surface area contributed by atoms with E-state index in [1.165, 1.54) is 6.92 Å². The van der Waals surface area contributed by atoms with Crippen molar-refractivity contribution in [2.24, 2.45) is 0 Å². The highest BCUT2D eigenvalue weighted by Crippen LogP contribution is 2.23. The molecule has 0 unspecified atom stereocenters. The third-order valence-electron chi connectivity index (χ3n) is 2.53. The third-order valence-corrected chi connectivity index (χ3v) is 3.96. The maximum Gasteiger partial charge on any atom is 0.287 e. The Labute approximate surface area is 122 Å². The van der Waals surface area contributed by atoms with Crippen LogP contribution in [0.2, 0.25) is 0 Å². The fraction of sp³-hybridized carbons (Fsp3) is 0.583. The zero-order chi connectivity index (χ0) is 15.2. The first-order chi connectivity index (χ1) is 9.36. The quantitative estimate of drug-likeness (QED) is 0.584. The van der Waals surface area contributed by atoms with Gasteiger partial charge in [-0.25, -0.2) is 8.42 Å². The van der Waals surface area contributed by atoms with Crippen molar-refractivity contribution in [1.29, 1.82) is 0 Å². The summed E-state index contributed by atoms with van der Waals surface area (Å²) in [7, 11) is 1.31. The number of furan rings is 1. The van der Waals surface area contributed by atoms with E-state index in [-0.39, 0.29) is 16.4 Å². The molecule has 0 saturated heterocycles. The number of hydrogen-bond acceptors (Lipinski definition) is 5. The predicted octanol–water partition coefficient (Wildman–Crippen LogP) is 2.06. The Morgan fingerprint density at radius 3 is 2.70 bits per heavy atom. The molecule has 0 aliphatic rings. The molecule has 8 heteroatoms. The van der Waals surface area contributed by atoms with E-state index in [0.29, 0.717) is 19.8 Å². The molecule has 6 nitrogen and oxygen atoms in total. The van der Waals surface area contributed by atoms with Crippen molar-refractivity contribution in [2.75, 3.05) is 19.8 Å². The van der Waals surface area contributed by atoms with Gasteiger partial charge >= 0.3 is 0 Å². The Bertz CT molecular complexity index is 552. The van der Waals surface area contributed by atoms with E-state index in [4.69, 9.17) is 19.8 Å². The molecular weight excluding hydrogens is 306 g/mol. The van der Waals surface area contributed by atoms with Crippen molar-refractivity contribution in [3.8, 4) is 0 Å². The van der Waals surface area contributed by atoms with E-state index in [2.05, 4.69) is 12.2 Å². The number of halogens is 1. The number of amides is 1. The first-order valence-electron chi connectivity index (χ1n) is 6.27. The van der Waals surface area contributed by atoms with Crippen LogP contribution in [0.3, 0.4) is 0 Å². The molecule has 1 heterocycles. The average Bonchev–Trinajstić information content (AvgIpc) is 2.75. The molecule has 0 bridgehead atoms. The SMILES string of the molecule is CCCCOCCNC(=O)c1cc(S(=O)(=O)Cl)c(C)o1. The monoisotopic (exact) mass is 323 g/mol. The van der Waals surface area contributed by atoms with E-state index in [1.807, 2.05) is 0 Å². The zero-order valence-electron chi connectivity index (χ0n) is 11.4. The standard InChI is InChI=1S/C12H18ClNO5S/c1-3-4-6-18-7-5-14-12(15)10-8-11(9(2)19-10)20(13,16)17/h8H,3-7H2,1-2H3,(H,14,15). The van der Waals surface area contributed by atoms with Gasteiger partial charge in [0.25, 0.3) is 15.0 Å². The molecule has 0 aliphatic carbocycles. The maximum atomic E-state index is 11.7. The topological polar surface area (TPSA) is 85.6 Å². The van der Waals surface area contributed by atoms with Crippen LogP contribution in [0.1, 0.15) is 36.1 Å². The summed E-state index contributed by atoms with van der Waals surface area (Å²) >= 11 is 0. The normalized spacial score (nSPS) is 11.6. The summed E-state index contributed by atoms with van der Waals surface area (Å²) in [5.74, 6) is -0.501. The first kappa shape index (κ1) is 17.0. The van der Waals surface area contributed by atoms with E-state index in [9.17, 15) is 13.2 Å². The van der Waals surface area contributed by atoms with Crippen molar-refractivity contribution >= 4 is 25.6 Å². The van der Waals surface area contributed by atoms with Gasteiger partial charge < -0.3 is 14.5 Å². The Balaban J connectivity index is 2.49. The maximum absolute atomic E-state index is 11.7. The molecule has 1 aromatic rings. The number of hydrogen-bond donors (Lipinski definition) is 1. The summed E-state index contributed by atoms with van der Waals surface area (Å²) < 4.78 is 32.8. The minimum absolute atomic E-state index is 0.0874. The molecule has 0 atom stereocenters. The van der Waals surface area contributed by atoms with Crippen LogP contribution in [0.15, 0.2) is 15.4 Å². The van der Waals surface area contributed by atoms with Crippen molar-refractivity contribution in [1.82, 2.24) is 5.32 Å². The Morgan fingerprint density at radius 2 is 2.15 bits per heavy atom. The van der Waals surface area contributed by atoms with Crippen LogP contribution < -0.4 is 5.32 Å². The molecule has 0 aromatic carbocycles. The van der Waals surface area contributed by atoms with Crippen LogP contribution >= 0.6 is 10.7 Å². The highest BCUT2D eigenvalue weighted by Gasteiger charge is 2.21. The highest BCUT2D eigenvalue weighted by molar-refractivity contribution is 8.13. The second-order valence-electron chi connectivity index (χ2n) is 4.19. The van der Waals surface area contributed by atoms with E-state index in [1.54, 1.807) is 0 Å². The van der Waals surface area contributed by atoms with Crippen LogP contribution in [-0.4, -0.2) is 34.1 Å². The first-order valence-corrected chi connectivity index (χ1v) is 8.58. The number of nitrogens with one attached hydrogen (secondary N) is 1. The summed E-state index contributed by atoms with van der Waals surface area (Å²) in [6.45, 7) is 4.87. The molecule has 20 heavy (non-hydrogen) atoms. The molecule has 114 valence electrons. The molecule has 1 rings (SSSR count). The van der Waals surface area contributed by atoms with Crippen molar-refractivity contribution in [2.45, 2.75) is 31.6 Å². The van der Waals surface area contributed by atoms with Crippen molar-refractivity contribution in [3.63, 3.8) is 0 Å². The molecule has 0 fully saturated rings. The van der Waals surface area contributed by atoms with Gasteiger partial charge in [0.2, 0.25) is 0 Å². The second kappa shape index (κ2) is 7.66. The Morgan fingerprint density at radius 1 is 1.45 bits per heavy atom. The lowest BCUT2D eigenvalue weighted by Gasteiger charge is -2.04. The minimum atomic E-state index is -3.91. The van der Waals surface area contributed by atoms with Gasteiger partial charge in [-0.15, -0.1) is 0 Å². The molecular formula is C12H18ClNO5S. The number of carbonyl (C=O) groups excluding carboxylic acids is 1. The lowest BCUT2D eigenvalue weighted by Crippen LogP contribution is -2.27. The summed E-state index contributed by atoms with van der Waals surface area (Å²) in [5, 5.41) is 2.57. The molecule has 0 spiro atoms. The van der Waals surface area contributed by atoms with Crippen LogP contribution in [0, 0.1) is 6.92 Å². The minimum Gasteiger partial charge on any atom is -0.455 e.